The molecular formula is C9H18N4S. The smallest absolute Gasteiger partial charge is 0.171 e. The van der Waals surface area contributed by atoms with Gasteiger partial charge in [0.1, 0.15) is 0 Å². The van der Waals surface area contributed by atoms with E-state index in [1.54, 1.807) is 10.9 Å². The molecule has 0 aliphatic carbocycles. The number of nitrogen functional groups attached to an aromatic ring is 1. The van der Waals surface area contributed by atoms with Crippen molar-refractivity contribution >= 4 is 23.3 Å². The van der Waals surface area contributed by atoms with Gasteiger partial charge in [-0.15, -0.1) is 0 Å². The molecule has 0 saturated carbocycles. The van der Waals surface area contributed by atoms with Gasteiger partial charge in [-0.25, -0.2) is 0 Å². The summed E-state index contributed by atoms with van der Waals surface area (Å²) in [5.41, 5.74) is 6.45. The van der Waals surface area contributed by atoms with Gasteiger partial charge in [0.15, 0.2) is 5.82 Å². The third-order valence-electron chi connectivity index (χ3n) is 2.10. The highest BCUT2D eigenvalue weighted by atomic mass is 32.2. The Morgan fingerprint density at radius 1 is 1.71 bits per heavy atom. The van der Waals surface area contributed by atoms with E-state index in [1.807, 2.05) is 18.8 Å². The van der Waals surface area contributed by atoms with Crippen LogP contribution in [0.4, 0.5) is 11.5 Å². The number of hydrogen-bond donors (Lipinski definition) is 2. The topological polar surface area (TPSA) is 55.9 Å². The second-order valence-corrected chi connectivity index (χ2v) is 4.64. The molecule has 1 aromatic heterocycles. The van der Waals surface area contributed by atoms with Gasteiger partial charge in [-0.3, -0.25) is 4.68 Å². The maximum atomic E-state index is 5.74. The zero-order valence-electron chi connectivity index (χ0n) is 8.95. The number of aryl methyl sites for hydroxylation is 1. The third kappa shape index (κ3) is 3.14. The standard InChI is InChI=1S/C9H18N4S/c1-7(14-3)4-5-11-9-8(10)6-13(2)12-9/h6-7H,4-5,10H2,1-3H3,(H,11,12). The fourth-order valence-corrected chi connectivity index (χ4v) is 1.51. The van der Waals surface area contributed by atoms with Crippen LogP contribution in [0.2, 0.25) is 0 Å². The predicted molar refractivity (Wildman–Crippen MR) is 63.7 cm³/mol. The Balaban J connectivity index is 2.34. The van der Waals surface area contributed by atoms with Crippen LogP contribution in [0.15, 0.2) is 6.20 Å². The summed E-state index contributed by atoms with van der Waals surface area (Å²) < 4.78 is 1.72. The van der Waals surface area contributed by atoms with Crippen LogP contribution >= 0.6 is 11.8 Å². The summed E-state index contributed by atoms with van der Waals surface area (Å²) >= 11 is 1.87. The number of nitrogens with two attached hydrogens (primary N) is 1. The molecule has 0 radical (unpaired) electrons. The molecule has 1 atom stereocenters. The molecule has 0 aliphatic heterocycles. The zero-order valence-corrected chi connectivity index (χ0v) is 9.77. The number of aromatic nitrogens is 2. The Morgan fingerprint density at radius 2 is 2.43 bits per heavy atom. The van der Waals surface area contributed by atoms with Crippen LogP contribution in [-0.4, -0.2) is 27.8 Å². The Kier molecular flexibility index (Phi) is 4.13. The molecule has 3 N–H and O–H groups in total. The van der Waals surface area contributed by atoms with E-state index in [2.05, 4.69) is 23.6 Å². The number of nitrogens with one attached hydrogen (secondary N) is 1. The van der Waals surface area contributed by atoms with Gasteiger partial charge >= 0.3 is 0 Å². The summed E-state index contributed by atoms with van der Waals surface area (Å²) in [5, 5.41) is 8.11. The van der Waals surface area contributed by atoms with E-state index in [0.717, 1.165) is 18.8 Å². The van der Waals surface area contributed by atoms with Gasteiger partial charge in [0.05, 0.1) is 5.69 Å². The first-order valence-corrected chi connectivity index (χ1v) is 5.98. The van der Waals surface area contributed by atoms with E-state index < -0.39 is 0 Å². The molecule has 1 heterocycles. The third-order valence-corrected chi connectivity index (χ3v) is 3.14. The largest absolute Gasteiger partial charge is 0.394 e. The molecule has 0 amide bonds. The fraction of sp³-hybridized carbons (Fsp3) is 0.667. The summed E-state index contributed by atoms with van der Waals surface area (Å²) in [6, 6.07) is 0. The number of rotatable bonds is 5. The van der Waals surface area contributed by atoms with Crippen LogP contribution in [0.5, 0.6) is 0 Å². The van der Waals surface area contributed by atoms with E-state index in [-0.39, 0.29) is 0 Å². The zero-order chi connectivity index (χ0) is 10.6. The van der Waals surface area contributed by atoms with Crippen LogP contribution in [0, 0.1) is 0 Å². The maximum absolute atomic E-state index is 5.74. The number of thioether (sulfide) groups is 1. The molecule has 0 aliphatic rings. The lowest BCUT2D eigenvalue weighted by molar-refractivity contribution is 0.764. The molecule has 1 rings (SSSR count). The highest BCUT2D eigenvalue weighted by Crippen LogP contribution is 2.15. The lowest BCUT2D eigenvalue weighted by Gasteiger charge is -2.08. The van der Waals surface area contributed by atoms with Gasteiger partial charge < -0.3 is 11.1 Å². The summed E-state index contributed by atoms with van der Waals surface area (Å²) in [5.74, 6) is 0.792. The first-order valence-electron chi connectivity index (χ1n) is 4.69. The van der Waals surface area contributed by atoms with Crippen molar-refractivity contribution in [1.29, 1.82) is 0 Å². The van der Waals surface area contributed by atoms with Gasteiger partial charge in [-0.05, 0) is 12.7 Å². The normalized spacial score (nSPS) is 12.8. The molecule has 5 heteroatoms. The Bertz CT molecular complexity index is 284. The summed E-state index contributed by atoms with van der Waals surface area (Å²) in [7, 11) is 1.87. The average molecular weight is 214 g/mol. The van der Waals surface area contributed by atoms with Crippen molar-refractivity contribution in [2.24, 2.45) is 7.05 Å². The number of hydrogen-bond acceptors (Lipinski definition) is 4. The Hall–Kier alpha value is -0.840. The number of anilines is 2. The second kappa shape index (κ2) is 5.14. The van der Waals surface area contributed by atoms with E-state index >= 15 is 0 Å². The predicted octanol–water partition coefficient (Wildman–Crippen LogP) is 1.56. The molecule has 0 saturated heterocycles. The number of nitrogens with zero attached hydrogens (tertiary/aromatic N) is 2. The molecule has 0 fully saturated rings. The highest BCUT2D eigenvalue weighted by Gasteiger charge is 2.04. The average Bonchev–Trinajstić information content (AvgIpc) is 2.45. The lowest BCUT2D eigenvalue weighted by atomic mass is 10.3. The van der Waals surface area contributed by atoms with Crippen LogP contribution < -0.4 is 11.1 Å². The minimum absolute atomic E-state index is 0.674. The van der Waals surface area contributed by atoms with Gasteiger partial charge in [-0.1, -0.05) is 6.92 Å². The van der Waals surface area contributed by atoms with E-state index in [0.29, 0.717) is 10.9 Å². The monoisotopic (exact) mass is 214 g/mol. The minimum Gasteiger partial charge on any atom is -0.394 e. The summed E-state index contributed by atoms with van der Waals surface area (Å²) in [6.45, 7) is 3.14. The van der Waals surface area contributed by atoms with Gasteiger partial charge in [0, 0.05) is 25.0 Å². The first-order chi connectivity index (χ1) is 6.63. The Morgan fingerprint density at radius 3 is 2.93 bits per heavy atom. The quantitative estimate of drug-likeness (QED) is 0.781. The fourth-order valence-electron chi connectivity index (χ4n) is 1.16. The molecule has 1 aromatic rings. The van der Waals surface area contributed by atoms with E-state index in [4.69, 9.17) is 5.73 Å². The first kappa shape index (κ1) is 11.2. The lowest BCUT2D eigenvalue weighted by Crippen LogP contribution is -2.09. The van der Waals surface area contributed by atoms with Crippen LogP contribution in [0.1, 0.15) is 13.3 Å². The molecule has 0 aromatic carbocycles. The summed E-state index contributed by atoms with van der Waals surface area (Å²) in [6.07, 6.45) is 5.05. The Labute approximate surface area is 89.2 Å². The second-order valence-electron chi connectivity index (χ2n) is 3.37. The summed E-state index contributed by atoms with van der Waals surface area (Å²) in [4.78, 5) is 0. The molecule has 1 unspecified atom stereocenters. The van der Waals surface area contributed by atoms with Gasteiger partial charge in [0.2, 0.25) is 0 Å². The van der Waals surface area contributed by atoms with Crippen molar-refractivity contribution in [1.82, 2.24) is 9.78 Å². The molecule has 0 spiro atoms. The van der Waals surface area contributed by atoms with Crippen LogP contribution in [-0.2, 0) is 7.05 Å². The minimum atomic E-state index is 0.674. The molecule has 80 valence electrons. The van der Waals surface area contributed by atoms with Gasteiger partial charge in [-0.2, -0.15) is 16.9 Å². The molecule has 0 bridgehead atoms. The van der Waals surface area contributed by atoms with Crippen molar-refractivity contribution < 1.29 is 0 Å². The van der Waals surface area contributed by atoms with Crippen molar-refractivity contribution in [3.05, 3.63) is 6.20 Å². The van der Waals surface area contributed by atoms with Crippen molar-refractivity contribution in [2.75, 3.05) is 23.9 Å². The van der Waals surface area contributed by atoms with Crippen molar-refractivity contribution in [3.8, 4) is 0 Å². The van der Waals surface area contributed by atoms with Crippen LogP contribution in [0.25, 0.3) is 0 Å². The highest BCUT2D eigenvalue weighted by molar-refractivity contribution is 7.99. The molecular weight excluding hydrogens is 196 g/mol. The van der Waals surface area contributed by atoms with Gasteiger partial charge in [0.25, 0.3) is 0 Å². The van der Waals surface area contributed by atoms with Crippen LogP contribution in [0.3, 0.4) is 0 Å². The molecule has 14 heavy (non-hydrogen) atoms. The molecule has 4 nitrogen and oxygen atoms in total. The maximum Gasteiger partial charge on any atom is 0.171 e. The SMILES string of the molecule is CSC(C)CCNc1nn(C)cc1N. The van der Waals surface area contributed by atoms with E-state index in [9.17, 15) is 0 Å². The van der Waals surface area contributed by atoms with Crippen molar-refractivity contribution in [2.45, 2.75) is 18.6 Å². The van der Waals surface area contributed by atoms with Crippen molar-refractivity contribution in [3.63, 3.8) is 0 Å². The van der Waals surface area contributed by atoms with E-state index in [1.165, 1.54) is 0 Å².